The summed E-state index contributed by atoms with van der Waals surface area (Å²) >= 11 is 0. The lowest BCUT2D eigenvalue weighted by molar-refractivity contribution is 0.00578. The van der Waals surface area contributed by atoms with E-state index in [4.69, 9.17) is 9.31 Å². The van der Waals surface area contributed by atoms with Gasteiger partial charge < -0.3 is 14.2 Å². The SMILES string of the molecule is CCC(C)c1ccc(N(c2ccccc2)c2ccccc2B2OC(C)(C)C(C)(C)O2)cc1. The highest BCUT2D eigenvalue weighted by molar-refractivity contribution is 6.64. The topological polar surface area (TPSA) is 21.7 Å². The first-order valence-electron chi connectivity index (χ1n) is 11.6. The first kappa shape index (κ1) is 22.6. The normalized spacial score (nSPS) is 17.9. The molecule has 4 rings (SSSR count). The number of nitrogens with zero attached hydrogens (tertiary/aromatic N) is 1. The van der Waals surface area contributed by atoms with Gasteiger partial charge >= 0.3 is 7.12 Å². The lowest BCUT2D eigenvalue weighted by Crippen LogP contribution is -2.41. The molecule has 1 aliphatic heterocycles. The van der Waals surface area contributed by atoms with Crippen molar-refractivity contribution in [1.82, 2.24) is 0 Å². The lowest BCUT2D eigenvalue weighted by Gasteiger charge is -2.32. The van der Waals surface area contributed by atoms with Crippen LogP contribution in [0.5, 0.6) is 0 Å². The van der Waals surface area contributed by atoms with Gasteiger partial charge in [-0.3, -0.25) is 0 Å². The van der Waals surface area contributed by atoms with Crippen LogP contribution in [0.15, 0.2) is 78.9 Å². The minimum absolute atomic E-state index is 0.389. The molecule has 1 unspecified atom stereocenters. The average Bonchev–Trinajstić information content (AvgIpc) is 3.01. The van der Waals surface area contributed by atoms with Crippen molar-refractivity contribution in [3.8, 4) is 0 Å². The van der Waals surface area contributed by atoms with E-state index in [2.05, 4.69) is 119 Å². The molecule has 166 valence electrons. The predicted molar refractivity (Wildman–Crippen MR) is 136 cm³/mol. The van der Waals surface area contributed by atoms with Crippen LogP contribution in [0.1, 0.15) is 59.4 Å². The summed E-state index contributed by atoms with van der Waals surface area (Å²) in [5, 5.41) is 0. The molecular weight excluding hydrogens is 393 g/mol. The fourth-order valence-electron chi connectivity index (χ4n) is 4.05. The van der Waals surface area contributed by atoms with Crippen LogP contribution in [-0.4, -0.2) is 18.3 Å². The highest BCUT2D eigenvalue weighted by atomic mass is 16.7. The Labute approximate surface area is 193 Å². The van der Waals surface area contributed by atoms with Gasteiger partial charge in [0.1, 0.15) is 0 Å². The van der Waals surface area contributed by atoms with Gasteiger partial charge in [0.15, 0.2) is 0 Å². The molecule has 0 bridgehead atoms. The molecule has 32 heavy (non-hydrogen) atoms. The molecule has 0 radical (unpaired) electrons. The van der Waals surface area contributed by atoms with E-state index in [1.807, 2.05) is 6.07 Å². The molecule has 3 nitrogen and oxygen atoms in total. The van der Waals surface area contributed by atoms with E-state index >= 15 is 0 Å². The van der Waals surface area contributed by atoms with Crippen LogP contribution >= 0.6 is 0 Å². The predicted octanol–water partition coefficient (Wildman–Crippen LogP) is 6.97. The van der Waals surface area contributed by atoms with Gasteiger partial charge in [0, 0.05) is 22.5 Å². The van der Waals surface area contributed by atoms with Gasteiger partial charge in [-0.05, 0) is 75.9 Å². The van der Waals surface area contributed by atoms with Crippen molar-refractivity contribution < 1.29 is 9.31 Å². The van der Waals surface area contributed by atoms with Crippen molar-refractivity contribution in [3.05, 3.63) is 84.4 Å². The van der Waals surface area contributed by atoms with Crippen LogP contribution < -0.4 is 10.4 Å². The second kappa shape index (κ2) is 8.76. The molecule has 1 atom stereocenters. The fraction of sp³-hybridized carbons (Fsp3) is 0.357. The van der Waals surface area contributed by atoms with Gasteiger partial charge in [-0.15, -0.1) is 0 Å². The molecule has 1 heterocycles. The van der Waals surface area contributed by atoms with Gasteiger partial charge in [-0.25, -0.2) is 0 Å². The summed E-state index contributed by atoms with van der Waals surface area (Å²) in [5.74, 6) is 0.547. The van der Waals surface area contributed by atoms with Gasteiger partial charge in [0.2, 0.25) is 0 Å². The Morgan fingerprint density at radius 1 is 0.750 bits per heavy atom. The lowest BCUT2D eigenvalue weighted by atomic mass is 9.77. The van der Waals surface area contributed by atoms with Crippen LogP contribution in [0.3, 0.4) is 0 Å². The largest absolute Gasteiger partial charge is 0.496 e. The van der Waals surface area contributed by atoms with Crippen LogP contribution in [0, 0.1) is 0 Å². The van der Waals surface area contributed by atoms with Crippen LogP contribution in [0.4, 0.5) is 17.1 Å². The highest BCUT2D eigenvalue weighted by Crippen LogP contribution is 2.39. The van der Waals surface area contributed by atoms with Gasteiger partial charge in [-0.1, -0.05) is 62.4 Å². The Morgan fingerprint density at radius 2 is 1.28 bits per heavy atom. The fourth-order valence-corrected chi connectivity index (χ4v) is 4.05. The van der Waals surface area contributed by atoms with Crippen molar-refractivity contribution in [2.75, 3.05) is 4.90 Å². The van der Waals surface area contributed by atoms with Gasteiger partial charge in [0.05, 0.1) is 11.2 Å². The Balaban J connectivity index is 1.81. The third-order valence-corrected chi connectivity index (χ3v) is 7.03. The third kappa shape index (κ3) is 4.22. The Kier molecular flexibility index (Phi) is 6.20. The van der Waals surface area contributed by atoms with E-state index in [1.54, 1.807) is 0 Å². The maximum atomic E-state index is 6.43. The van der Waals surface area contributed by atoms with Crippen LogP contribution in [0.25, 0.3) is 0 Å². The number of rotatable bonds is 6. The first-order chi connectivity index (χ1) is 15.2. The molecule has 0 amide bonds. The van der Waals surface area contributed by atoms with E-state index in [9.17, 15) is 0 Å². The molecule has 0 N–H and O–H groups in total. The molecule has 3 aromatic carbocycles. The molecule has 0 spiro atoms. The third-order valence-electron chi connectivity index (χ3n) is 7.03. The maximum absolute atomic E-state index is 6.43. The van der Waals surface area contributed by atoms with Crippen LogP contribution in [-0.2, 0) is 9.31 Å². The summed E-state index contributed by atoms with van der Waals surface area (Å²) in [6.07, 6.45) is 1.13. The first-order valence-corrected chi connectivity index (χ1v) is 11.6. The summed E-state index contributed by atoms with van der Waals surface area (Å²) in [6, 6.07) is 27.8. The number of para-hydroxylation sites is 2. The summed E-state index contributed by atoms with van der Waals surface area (Å²) in [7, 11) is -0.429. The molecule has 3 aromatic rings. The monoisotopic (exact) mass is 427 g/mol. The quantitative estimate of drug-likeness (QED) is 0.397. The summed E-state index contributed by atoms with van der Waals surface area (Å²) < 4.78 is 12.9. The standard InChI is InChI=1S/C28H34BNO2/c1-7-21(2)22-17-19-24(20-18-22)30(23-13-9-8-10-14-23)26-16-12-11-15-25(26)29-31-27(3,4)28(5,6)32-29/h8-21H,7H2,1-6H3. The zero-order chi connectivity index (χ0) is 22.9. The minimum Gasteiger partial charge on any atom is -0.399 e. The zero-order valence-corrected chi connectivity index (χ0v) is 20.1. The number of anilines is 3. The van der Waals surface area contributed by atoms with Crippen molar-refractivity contribution in [2.45, 2.75) is 65.1 Å². The summed E-state index contributed by atoms with van der Waals surface area (Å²) in [4.78, 5) is 2.29. The smallest absolute Gasteiger partial charge is 0.399 e. The van der Waals surface area contributed by atoms with Crippen LogP contribution in [0.2, 0.25) is 0 Å². The van der Waals surface area contributed by atoms with E-state index in [1.165, 1.54) is 5.56 Å². The number of hydrogen-bond acceptors (Lipinski definition) is 3. The molecule has 0 aromatic heterocycles. The molecule has 0 aliphatic carbocycles. The molecule has 4 heteroatoms. The van der Waals surface area contributed by atoms with Crippen molar-refractivity contribution in [1.29, 1.82) is 0 Å². The maximum Gasteiger partial charge on any atom is 0.496 e. The molecular formula is C28H34BNO2. The van der Waals surface area contributed by atoms with Gasteiger partial charge in [0.25, 0.3) is 0 Å². The minimum atomic E-state index is -0.429. The second-order valence-electron chi connectivity index (χ2n) is 9.72. The highest BCUT2D eigenvalue weighted by Gasteiger charge is 2.52. The van der Waals surface area contributed by atoms with Gasteiger partial charge in [-0.2, -0.15) is 0 Å². The Bertz CT molecular complexity index is 1030. The summed E-state index contributed by atoms with van der Waals surface area (Å²) in [5.41, 5.74) is 4.90. The second-order valence-corrected chi connectivity index (χ2v) is 9.72. The van der Waals surface area contributed by atoms with Crippen molar-refractivity contribution in [3.63, 3.8) is 0 Å². The molecule has 1 aliphatic rings. The number of hydrogen-bond donors (Lipinski definition) is 0. The summed E-state index contributed by atoms with van der Waals surface area (Å²) in [6.45, 7) is 12.9. The Morgan fingerprint density at radius 3 is 1.88 bits per heavy atom. The zero-order valence-electron chi connectivity index (χ0n) is 20.1. The molecule has 0 saturated carbocycles. The van der Waals surface area contributed by atoms with E-state index in [0.29, 0.717) is 5.92 Å². The van der Waals surface area contributed by atoms with E-state index in [-0.39, 0.29) is 11.2 Å². The Hall–Kier alpha value is -2.56. The molecule has 1 fully saturated rings. The van der Waals surface area contributed by atoms with E-state index in [0.717, 1.165) is 28.9 Å². The molecule has 1 saturated heterocycles. The van der Waals surface area contributed by atoms with Crippen molar-refractivity contribution >= 4 is 29.6 Å². The number of benzene rings is 3. The van der Waals surface area contributed by atoms with Crippen molar-refractivity contribution in [2.24, 2.45) is 0 Å². The van der Waals surface area contributed by atoms with E-state index < -0.39 is 7.12 Å². The average molecular weight is 427 g/mol.